The van der Waals surface area contributed by atoms with Crippen molar-refractivity contribution in [3.63, 3.8) is 0 Å². The maximum absolute atomic E-state index is 6.58. The smallest absolute Gasteiger partial charge is 0.534 e. The molecule has 250 valence electrons. The molecule has 4 nitrogen and oxygen atoms in total. The van der Waals surface area contributed by atoms with Gasteiger partial charge in [-0.3, -0.25) is 0 Å². The van der Waals surface area contributed by atoms with E-state index in [1.54, 1.807) is 0 Å². The third-order valence-corrected chi connectivity index (χ3v) is 11.4. The predicted octanol–water partition coefficient (Wildman–Crippen LogP) is 9.79. The zero-order valence-corrected chi connectivity index (χ0v) is 30.4. The van der Waals surface area contributed by atoms with Crippen LogP contribution in [0.3, 0.4) is 0 Å². The fourth-order valence-electron chi connectivity index (χ4n) is 7.65. The van der Waals surface area contributed by atoms with Crippen LogP contribution in [0, 0.1) is 0 Å². The minimum absolute atomic E-state index is 0.0685. The summed E-state index contributed by atoms with van der Waals surface area (Å²) in [7, 11) is -0.804. The van der Waals surface area contributed by atoms with E-state index < -0.39 is 12.7 Å². The first kappa shape index (κ1) is 35.3. The van der Waals surface area contributed by atoms with E-state index in [4.69, 9.17) is 18.6 Å². The van der Waals surface area contributed by atoms with E-state index in [-0.39, 0.29) is 23.7 Å². The molecule has 46 heavy (non-hydrogen) atoms. The van der Waals surface area contributed by atoms with Crippen molar-refractivity contribution in [3.8, 4) is 11.1 Å². The topological polar surface area (TPSA) is 36.9 Å². The standard InChI is InChI=1S/C40H60B2O4/c1-10-12-14-16-18-20-26-40(27-21-19-17-15-13-11-2)35-28-31(41-43-30(3)37(4,5)44-41)22-24-33(35)34-25-23-32(29-36(34)40)42-45-38(6,7)39(8,9)46-42/h22-25,28-29H,3,10-21,26-27H2,1-2,4-9H3. The predicted molar refractivity (Wildman–Crippen MR) is 195 cm³/mol. The van der Waals surface area contributed by atoms with Crippen molar-refractivity contribution in [3.05, 3.63) is 59.9 Å². The molecule has 0 saturated carbocycles. The summed E-state index contributed by atoms with van der Waals surface area (Å²) >= 11 is 0. The van der Waals surface area contributed by atoms with Gasteiger partial charge in [0.05, 0.1) is 17.0 Å². The Hall–Kier alpha value is -2.01. The third-order valence-electron chi connectivity index (χ3n) is 11.4. The Morgan fingerprint density at radius 1 is 0.565 bits per heavy atom. The second-order valence-corrected chi connectivity index (χ2v) is 15.8. The van der Waals surface area contributed by atoms with E-state index in [0.29, 0.717) is 5.76 Å². The van der Waals surface area contributed by atoms with Gasteiger partial charge < -0.3 is 18.6 Å². The van der Waals surface area contributed by atoms with Gasteiger partial charge in [0.1, 0.15) is 5.60 Å². The Kier molecular flexibility index (Phi) is 10.9. The Morgan fingerprint density at radius 2 is 1.00 bits per heavy atom. The summed E-state index contributed by atoms with van der Waals surface area (Å²) in [5.41, 5.74) is 6.50. The molecule has 0 bridgehead atoms. The van der Waals surface area contributed by atoms with Gasteiger partial charge in [0, 0.05) is 5.41 Å². The van der Waals surface area contributed by atoms with Gasteiger partial charge in [0.15, 0.2) is 0 Å². The molecule has 3 aliphatic rings. The summed E-state index contributed by atoms with van der Waals surface area (Å²) in [6.45, 7) is 21.4. The van der Waals surface area contributed by atoms with E-state index in [0.717, 1.165) is 23.8 Å². The van der Waals surface area contributed by atoms with Crippen molar-refractivity contribution in [2.75, 3.05) is 0 Å². The van der Waals surface area contributed by atoms with Gasteiger partial charge in [-0.2, -0.15) is 0 Å². The van der Waals surface area contributed by atoms with Crippen LogP contribution in [-0.2, 0) is 24.0 Å². The van der Waals surface area contributed by atoms with Gasteiger partial charge in [-0.05, 0) is 87.6 Å². The lowest BCUT2D eigenvalue weighted by Crippen LogP contribution is -2.41. The minimum Gasteiger partial charge on any atom is -0.534 e. The van der Waals surface area contributed by atoms with E-state index in [1.807, 2.05) is 13.8 Å². The van der Waals surface area contributed by atoms with Crippen LogP contribution in [-0.4, -0.2) is 31.0 Å². The third kappa shape index (κ3) is 7.06. The fourth-order valence-corrected chi connectivity index (χ4v) is 7.65. The molecule has 0 amide bonds. The Morgan fingerprint density at radius 3 is 1.43 bits per heavy atom. The molecule has 2 heterocycles. The summed E-state index contributed by atoms with van der Waals surface area (Å²) in [6.07, 6.45) is 17.8. The molecule has 1 aliphatic carbocycles. The van der Waals surface area contributed by atoms with Gasteiger partial charge in [0.2, 0.25) is 0 Å². The Bertz CT molecular complexity index is 1330. The van der Waals surface area contributed by atoms with Gasteiger partial charge in [0.25, 0.3) is 0 Å². The first-order valence-electron chi connectivity index (χ1n) is 18.5. The minimum atomic E-state index is -0.502. The Balaban J connectivity index is 1.54. The molecule has 2 aromatic rings. The SMILES string of the molecule is C=C1OB(c2ccc3c(c2)C(CCCCCCCC)(CCCCCCCC)c2cc(B4OC(C)(C)C(C)(C)O4)ccc2-3)OC1(C)C. The average molecular weight is 627 g/mol. The molecule has 6 heteroatoms. The molecule has 5 rings (SSSR count). The summed E-state index contributed by atoms with van der Waals surface area (Å²) in [6, 6.07) is 14.0. The van der Waals surface area contributed by atoms with Crippen LogP contribution in [0.4, 0.5) is 0 Å². The molecule has 2 aromatic carbocycles. The molecule has 0 atom stereocenters. The lowest BCUT2D eigenvalue weighted by Gasteiger charge is -2.33. The number of unbranched alkanes of at least 4 members (excludes halogenated alkanes) is 10. The lowest BCUT2D eigenvalue weighted by atomic mass is 9.67. The lowest BCUT2D eigenvalue weighted by molar-refractivity contribution is 0.00578. The summed E-state index contributed by atoms with van der Waals surface area (Å²) < 4.78 is 25.8. The molecule has 0 radical (unpaired) electrons. The second-order valence-electron chi connectivity index (χ2n) is 15.8. The normalized spacial score (nSPS) is 20.2. The molecule has 0 unspecified atom stereocenters. The molecular weight excluding hydrogens is 566 g/mol. The zero-order valence-electron chi connectivity index (χ0n) is 30.4. The van der Waals surface area contributed by atoms with Crippen molar-refractivity contribution in [1.29, 1.82) is 0 Å². The number of hydrogen-bond donors (Lipinski definition) is 0. The quantitative estimate of drug-likeness (QED) is 0.137. The van der Waals surface area contributed by atoms with Crippen molar-refractivity contribution in [1.82, 2.24) is 0 Å². The first-order valence-corrected chi connectivity index (χ1v) is 18.5. The molecule has 0 aromatic heterocycles. The highest BCUT2D eigenvalue weighted by Crippen LogP contribution is 2.54. The first-order chi connectivity index (χ1) is 21.8. The zero-order chi connectivity index (χ0) is 33.2. The van der Waals surface area contributed by atoms with Crippen LogP contribution in [0.15, 0.2) is 48.7 Å². The van der Waals surface area contributed by atoms with Gasteiger partial charge in [-0.25, -0.2) is 0 Å². The number of rotatable bonds is 16. The van der Waals surface area contributed by atoms with Crippen molar-refractivity contribution < 1.29 is 18.6 Å². The molecule has 2 fully saturated rings. The van der Waals surface area contributed by atoms with Crippen molar-refractivity contribution >= 4 is 25.2 Å². The second kappa shape index (κ2) is 14.2. The molecule has 0 N–H and O–H groups in total. The van der Waals surface area contributed by atoms with E-state index in [2.05, 4.69) is 84.5 Å². The highest BCUT2D eigenvalue weighted by atomic mass is 16.7. The van der Waals surface area contributed by atoms with E-state index in [1.165, 1.54) is 99.3 Å². The highest BCUT2D eigenvalue weighted by Gasteiger charge is 2.53. The summed E-state index contributed by atoms with van der Waals surface area (Å²) in [4.78, 5) is 0. The van der Waals surface area contributed by atoms with Gasteiger partial charge >= 0.3 is 14.2 Å². The van der Waals surface area contributed by atoms with Crippen LogP contribution in [0.1, 0.15) is 156 Å². The molecule has 0 spiro atoms. The van der Waals surface area contributed by atoms with Crippen molar-refractivity contribution in [2.45, 2.75) is 167 Å². The van der Waals surface area contributed by atoms with Crippen LogP contribution in [0.5, 0.6) is 0 Å². The Labute approximate surface area is 281 Å². The van der Waals surface area contributed by atoms with Crippen LogP contribution in [0.2, 0.25) is 0 Å². The monoisotopic (exact) mass is 626 g/mol. The maximum atomic E-state index is 6.58. The van der Waals surface area contributed by atoms with Crippen LogP contribution < -0.4 is 10.9 Å². The van der Waals surface area contributed by atoms with E-state index in [9.17, 15) is 0 Å². The summed E-state index contributed by atoms with van der Waals surface area (Å²) in [5, 5.41) is 0. The molecule has 2 aliphatic heterocycles. The van der Waals surface area contributed by atoms with Gasteiger partial charge in [-0.15, -0.1) is 0 Å². The molecular formula is C40H60B2O4. The van der Waals surface area contributed by atoms with Crippen LogP contribution >= 0.6 is 0 Å². The van der Waals surface area contributed by atoms with Gasteiger partial charge in [-0.1, -0.05) is 134 Å². The average Bonchev–Trinajstić information content (AvgIpc) is 3.53. The highest BCUT2D eigenvalue weighted by molar-refractivity contribution is 6.62. The van der Waals surface area contributed by atoms with E-state index >= 15 is 0 Å². The fraction of sp³-hybridized carbons (Fsp3) is 0.650. The van der Waals surface area contributed by atoms with Crippen LogP contribution in [0.25, 0.3) is 11.1 Å². The number of fused-ring (bicyclic) bond motifs is 3. The largest absolute Gasteiger partial charge is 0.563 e. The van der Waals surface area contributed by atoms with Crippen molar-refractivity contribution in [2.24, 2.45) is 0 Å². The summed E-state index contributed by atoms with van der Waals surface area (Å²) in [5.74, 6) is 0.693. The maximum Gasteiger partial charge on any atom is 0.563 e. The number of benzene rings is 2. The number of hydrogen-bond acceptors (Lipinski definition) is 4. The molecule has 2 saturated heterocycles.